The summed E-state index contributed by atoms with van der Waals surface area (Å²) in [5.41, 5.74) is 5.03. The SMILES string of the molecule is NC(O)[C@H]1O[C@@H](OC(=O)c2c[nH]cn2)[C@H](F)[C@@H]1O. The van der Waals surface area contributed by atoms with Crippen LogP contribution >= 0.6 is 0 Å². The maximum absolute atomic E-state index is 13.5. The molecular formula is C9H12FN3O5. The number of nitrogens with one attached hydrogen (secondary N) is 1. The summed E-state index contributed by atoms with van der Waals surface area (Å²) in [7, 11) is 0. The minimum atomic E-state index is -1.99. The van der Waals surface area contributed by atoms with Gasteiger partial charge in [0.2, 0.25) is 6.29 Å². The van der Waals surface area contributed by atoms with Crippen LogP contribution in [0.15, 0.2) is 12.5 Å². The topological polar surface area (TPSA) is 131 Å². The monoisotopic (exact) mass is 261 g/mol. The average Bonchev–Trinajstić information content (AvgIpc) is 2.92. The third kappa shape index (κ3) is 2.34. The van der Waals surface area contributed by atoms with Crippen molar-refractivity contribution in [3.8, 4) is 0 Å². The van der Waals surface area contributed by atoms with E-state index in [0.717, 1.165) is 0 Å². The summed E-state index contributed by atoms with van der Waals surface area (Å²) < 4.78 is 23.1. The Bertz CT molecular complexity index is 412. The van der Waals surface area contributed by atoms with E-state index in [1.54, 1.807) is 0 Å². The number of nitrogens with two attached hydrogens (primary N) is 1. The largest absolute Gasteiger partial charge is 0.428 e. The highest BCUT2D eigenvalue weighted by Crippen LogP contribution is 2.26. The Hall–Kier alpha value is -1.55. The molecule has 0 saturated carbocycles. The lowest BCUT2D eigenvalue weighted by Gasteiger charge is -2.16. The van der Waals surface area contributed by atoms with E-state index in [1.165, 1.54) is 12.5 Å². The number of imidazole rings is 1. The molecule has 0 bridgehead atoms. The van der Waals surface area contributed by atoms with Crippen molar-refractivity contribution >= 4 is 5.97 Å². The Morgan fingerprint density at radius 2 is 2.44 bits per heavy atom. The lowest BCUT2D eigenvalue weighted by Crippen LogP contribution is -2.42. The smallest absolute Gasteiger partial charge is 0.360 e. The zero-order chi connectivity index (χ0) is 13.3. The number of hydrogen-bond donors (Lipinski definition) is 4. The Morgan fingerprint density at radius 1 is 1.72 bits per heavy atom. The molecule has 1 saturated heterocycles. The summed E-state index contributed by atoms with van der Waals surface area (Å²) in [6.07, 6.45) is -5.70. The highest BCUT2D eigenvalue weighted by atomic mass is 19.1. The van der Waals surface area contributed by atoms with Gasteiger partial charge in [0, 0.05) is 6.20 Å². The standard InChI is InChI=1S/C9H12FN3O5/c10-4-5(14)6(7(11)15)17-9(4)18-8(16)3-1-12-2-13-3/h1-2,4-7,9,14-15H,11H2,(H,12,13)/t4-,5+,6+,7?,9+/m1/s1. The third-order valence-electron chi connectivity index (χ3n) is 2.48. The number of halogens is 1. The molecule has 0 radical (unpaired) electrons. The number of H-pyrrole nitrogens is 1. The van der Waals surface area contributed by atoms with Crippen molar-refractivity contribution in [2.24, 2.45) is 5.73 Å². The van der Waals surface area contributed by atoms with E-state index in [4.69, 9.17) is 15.6 Å². The number of esters is 1. The van der Waals surface area contributed by atoms with Gasteiger partial charge in [-0.25, -0.2) is 14.2 Å². The molecule has 1 aliphatic heterocycles. The van der Waals surface area contributed by atoms with Crippen LogP contribution in [-0.4, -0.2) is 57.0 Å². The summed E-state index contributed by atoms with van der Waals surface area (Å²) in [6, 6.07) is 0. The van der Waals surface area contributed by atoms with Crippen LogP contribution in [0.4, 0.5) is 4.39 Å². The van der Waals surface area contributed by atoms with Crippen LogP contribution in [0.2, 0.25) is 0 Å². The van der Waals surface area contributed by atoms with Crippen LogP contribution in [0.3, 0.4) is 0 Å². The minimum absolute atomic E-state index is 0.0583. The van der Waals surface area contributed by atoms with E-state index in [-0.39, 0.29) is 5.69 Å². The molecule has 100 valence electrons. The number of alkyl halides is 1. The molecule has 8 nitrogen and oxygen atoms in total. The van der Waals surface area contributed by atoms with E-state index < -0.39 is 36.9 Å². The molecule has 5 N–H and O–H groups in total. The molecular weight excluding hydrogens is 249 g/mol. The molecule has 0 aromatic carbocycles. The zero-order valence-electron chi connectivity index (χ0n) is 9.06. The van der Waals surface area contributed by atoms with Gasteiger partial charge in [0.25, 0.3) is 0 Å². The predicted octanol–water partition coefficient (Wildman–Crippen LogP) is -1.73. The van der Waals surface area contributed by atoms with Crippen molar-refractivity contribution < 1.29 is 28.9 Å². The van der Waals surface area contributed by atoms with Gasteiger partial charge in [-0.1, -0.05) is 0 Å². The Labute approximate surface area is 101 Å². The van der Waals surface area contributed by atoms with Gasteiger partial charge in [-0.3, -0.25) is 0 Å². The molecule has 2 rings (SSSR count). The van der Waals surface area contributed by atoms with E-state index in [2.05, 4.69) is 14.7 Å². The van der Waals surface area contributed by atoms with E-state index in [0.29, 0.717) is 0 Å². The lowest BCUT2D eigenvalue weighted by atomic mass is 10.1. The third-order valence-corrected chi connectivity index (χ3v) is 2.48. The normalized spacial score (nSPS) is 33.3. The molecule has 0 amide bonds. The van der Waals surface area contributed by atoms with Crippen LogP contribution in [0.1, 0.15) is 10.5 Å². The first kappa shape index (κ1) is 12.9. The first-order chi connectivity index (χ1) is 8.50. The lowest BCUT2D eigenvalue weighted by molar-refractivity contribution is -0.142. The van der Waals surface area contributed by atoms with Gasteiger partial charge >= 0.3 is 5.97 Å². The summed E-state index contributed by atoms with van der Waals surface area (Å²) in [5.74, 6) is -0.914. The average molecular weight is 261 g/mol. The summed E-state index contributed by atoms with van der Waals surface area (Å²) in [6.45, 7) is 0. The fourth-order valence-corrected chi connectivity index (χ4v) is 1.57. The van der Waals surface area contributed by atoms with E-state index >= 15 is 0 Å². The quantitative estimate of drug-likeness (QED) is 0.375. The second-order valence-corrected chi connectivity index (χ2v) is 3.75. The van der Waals surface area contributed by atoms with Crippen molar-refractivity contribution in [1.29, 1.82) is 0 Å². The number of aromatic amines is 1. The molecule has 0 aliphatic carbocycles. The summed E-state index contributed by atoms with van der Waals surface area (Å²) >= 11 is 0. The molecule has 1 aliphatic rings. The molecule has 2 heterocycles. The maximum Gasteiger partial charge on any atom is 0.360 e. The van der Waals surface area contributed by atoms with Gasteiger partial charge in [-0.05, 0) is 0 Å². The number of nitrogens with zero attached hydrogens (tertiary/aromatic N) is 1. The number of hydrogen-bond acceptors (Lipinski definition) is 7. The van der Waals surface area contributed by atoms with Crippen molar-refractivity contribution in [2.75, 3.05) is 0 Å². The maximum atomic E-state index is 13.5. The van der Waals surface area contributed by atoms with Crippen LogP contribution in [0.5, 0.6) is 0 Å². The number of carbonyl (C=O) groups is 1. The van der Waals surface area contributed by atoms with Gasteiger partial charge in [0.05, 0.1) is 6.33 Å². The van der Waals surface area contributed by atoms with Crippen molar-refractivity contribution in [2.45, 2.75) is 30.9 Å². The van der Waals surface area contributed by atoms with Gasteiger partial charge in [0.15, 0.2) is 11.9 Å². The molecule has 18 heavy (non-hydrogen) atoms. The molecule has 0 spiro atoms. The van der Waals surface area contributed by atoms with E-state index in [1.807, 2.05) is 0 Å². The number of aromatic nitrogens is 2. The number of ether oxygens (including phenoxy) is 2. The van der Waals surface area contributed by atoms with Crippen LogP contribution in [0.25, 0.3) is 0 Å². The van der Waals surface area contributed by atoms with Crippen LogP contribution in [-0.2, 0) is 9.47 Å². The molecule has 1 aromatic heterocycles. The number of carbonyl (C=O) groups excluding carboxylic acids is 1. The number of aliphatic hydroxyl groups excluding tert-OH is 2. The molecule has 9 heteroatoms. The first-order valence-corrected chi connectivity index (χ1v) is 5.11. The molecule has 5 atom stereocenters. The Kier molecular flexibility index (Phi) is 3.57. The van der Waals surface area contributed by atoms with Crippen molar-refractivity contribution in [3.05, 3.63) is 18.2 Å². The van der Waals surface area contributed by atoms with Gasteiger partial charge < -0.3 is 30.4 Å². The second kappa shape index (κ2) is 4.98. The molecule has 1 unspecified atom stereocenters. The zero-order valence-corrected chi connectivity index (χ0v) is 9.06. The number of aliphatic hydroxyl groups is 2. The van der Waals surface area contributed by atoms with Crippen LogP contribution < -0.4 is 5.73 Å². The highest BCUT2D eigenvalue weighted by molar-refractivity contribution is 5.86. The fourth-order valence-electron chi connectivity index (χ4n) is 1.57. The first-order valence-electron chi connectivity index (χ1n) is 5.11. The predicted molar refractivity (Wildman–Crippen MR) is 53.8 cm³/mol. The van der Waals surface area contributed by atoms with Crippen LogP contribution in [0, 0.1) is 0 Å². The Morgan fingerprint density at radius 3 is 2.94 bits per heavy atom. The fraction of sp³-hybridized carbons (Fsp3) is 0.556. The van der Waals surface area contributed by atoms with Gasteiger partial charge in [-0.15, -0.1) is 0 Å². The van der Waals surface area contributed by atoms with Gasteiger partial charge in [0.1, 0.15) is 18.4 Å². The van der Waals surface area contributed by atoms with Crippen molar-refractivity contribution in [1.82, 2.24) is 9.97 Å². The number of rotatable bonds is 3. The van der Waals surface area contributed by atoms with E-state index in [9.17, 15) is 14.3 Å². The molecule has 1 aromatic rings. The highest BCUT2D eigenvalue weighted by Gasteiger charge is 2.48. The summed E-state index contributed by atoms with van der Waals surface area (Å²) in [4.78, 5) is 17.6. The van der Waals surface area contributed by atoms with Gasteiger partial charge in [-0.2, -0.15) is 0 Å². The Balaban J connectivity index is 2.00. The second-order valence-electron chi connectivity index (χ2n) is 3.75. The molecule has 1 fully saturated rings. The minimum Gasteiger partial charge on any atom is -0.428 e. The van der Waals surface area contributed by atoms with Crippen molar-refractivity contribution in [3.63, 3.8) is 0 Å². The summed E-state index contributed by atoms with van der Waals surface area (Å²) in [5, 5.41) is 18.4.